The zero-order valence-corrected chi connectivity index (χ0v) is 21.5. The Kier molecular flexibility index (Phi) is 9.43. The summed E-state index contributed by atoms with van der Waals surface area (Å²) < 4.78 is 6.19. The fourth-order valence-electron chi connectivity index (χ4n) is 6.11. The molecule has 36 heavy (non-hydrogen) atoms. The molecule has 4 rings (SSSR count). The summed E-state index contributed by atoms with van der Waals surface area (Å²) in [5.74, 6) is 0.611. The average molecular weight is 499 g/mol. The van der Waals surface area contributed by atoms with Crippen LogP contribution >= 0.6 is 0 Å². The van der Waals surface area contributed by atoms with Gasteiger partial charge in [0.2, 0.25) is 11.8 Å². The summed E-state index contributed by atoms with van der Waals surface area (Å²) in [4.78, 5) is 28.6. The van der Waals surface area contributed by atoms with Crippen LogP contribution in [0, 0.1) is 5.92 Å². The molecule has 4 unspecified atom stereocenters. The maximum atomic E-state index is 13.6. The van der Waals surface area contributed by atoms with Gasteiger partial charge in [-0.05, 0) is 30.9 Å². The lowest BCUT2D eigenvalue weighted by Crippen LogP contribution is -2.56. The maximum absolute atomic E-state index is 13.6. The topological polar surface area (TPSA) is 99.1 Å². The van der Waals surface area contributed by atoms with Crippen LogP contribution in [0.25, 0.3) is 0 Å². The monoisotopic (exact) mass is 498 g/mol. The quantitative estimate of drug-likeness (QED) is 0.382. The number of benzene rings is 1. The summed E-state index contributed by atoms with van der Waals surface area (Å²) in [5, 5.41) is 23.6. The number of hydrogen-bond acceptors (Lipinski definition) is 5. The van der Waals surface area contributed by atoms with Crippen molar-refractivity contribution in [3.63, 3.8) is 0 Å². The highest BCUT2D eigenvalue weighted by Crippen LogP contribution is 2.47. The molecule has 7 heteroatoms. The van der Waals surface area contributed by atoms with E-state index in [0.717, 1.165) is 37.7 Å². The van der Waals surface area contributed by atoms with Crippen molar-refractivity contribution in [3.8, 4) is 5.75 Å². The number of unbranched alkanes of at least 4 members (excludes halogenated alkanes) is 3. The lowest BCUT2D eigenvalue weighted by atomic mass is 9.77. The van der Waals surface area contributed by atoms with Gasteiger partial charge < -0.3 is 25.2 Å². The first-order valence-electron chi connectivity index (χ1n) is 13.9. The van der Waals surface area contributed by atoms with Gasteiger partial charge in [0.05, 0.1) is 18.6 Å². The van der Waals surface area contributed by atoms with Gasteiger partial charge in [-0.15, -0.1) is 0 Å². The minimum Gasteiger partial charge on any atom is -0.486 e. The van der Waals surface area contributed by atoms with Crippen LogP contribution in [0.15, 0.2) is 35.9 Å². The number of ether oxygens (including phenoxy) is 1. The molecule has 1 fully saturated rings. The molecule has 2 amide bonds. The molecule has 7 nitrogen and oxygen atoms in total. The Morgan fingerprint density at radius 1 is 1.14 bits per heavy atom. The summed E-state index contributed by atoms with van der Waals surface area (Å²) >= 11 is 0. The van der Waals surface area contributed by atoms with Gasteiger partial charge >= 0.3 is 0 Å². The fourth-order valence-corrected chi connectivity index (χ4v) is 6.11. The van der Waals surface area contributed by atoms with Crippen molar-refractivity contribution in [1.82, 2.24) is 10.2 Å². The molecule has 3 aliphatic rings. The smallest absolute Gasteiger partial charge is 0.247 e. The van der Waals surface area contributed by atoms with E-state index >= 15 is 0 Å². The minimum absolute atomic E-state index is 0.0442. The third-order valence-electron chi connectivity index (χ3n) is 8.05. The van der Waals surface area contributed by atoms with E-state index in [-0.39, 0.29) is 25.0 Å². The van der Waals surface area contributed by atoms with Crippen molar-refractivity contribution in [3.05, 3.63) is 41.5 Å². The van der Waals surface area contributed by atoms with E-state index in [2.05, 4.69) is 12.2 Å². The Balaban J connectivity index is 1.61. The molecule has 1 heterocycles. The number of carbonyl (C=O) groups is 2. The Morgan fingerprint density at radius 3 is 2.67 bits per heavy atom. The molecule has 0 aromatic heterocycles. The first-order valence-corrected chi connectivity index (χ1v) is 13.9. The summed E-state index contributed by atoms with van der Waals surface area (Å²) in [6.07, 6.45) is 10.5. The van der Waals surface area contributed by atoms with Gasteiger partial charge in [0, 0.05) is 30.6 Å². The lowest BCUT2D eigenvalue weighted by molar-refractivity contribution is -0.137. The predicted octanol–water partition coefficient (Wildman–Crippen LogP) is 3.69. The number of rotatable bonds is 12. The van der Waals surface area contributed by atoms with E-state index in [1.165, 1.54) is 25.7 Å². The van der Waals surface area contributed by atoms with Crippen molar-refractivity contribution in [2.45, 2.75) is 95.3 Å². The second kappa shape index (κ2) is 12.7. The molecular weight excluding hydrogens is 456 g/mol. The van der Waals surface area contributed by atoms with Crippen molar-refractivity contribution in [2.75, 3.05) is 19.7 Å². The van der Waals surface area contributed by atoms with E-state index in [0.29, 0.717) is 30.2 Å². The molecule has 1 aromatic carbocycles. The van der Waals surface area contributed by atoms with E-state index in [9.17, 15) is 19.8 Å². The van der Waals surface area contributed by atoms with E-state index in [1.807, 2.05) is 24.3 Å². The number of aliphatic hydroxyl groups excluding tert-OH is 2. The van der Waals surface area contributed by atoms with Crippen molar-refractivity contribution >= 4 is 11.8 Å². The van der Waals surface area contributed by atoms with Crippen LogP contribution in [-0.4, -0.2) is 64.9 Å². The molecule has 1 aliphatic heterocycles. The molecule has 198 valence electrons. The zero-order valence-electron chi connectivity index (χ0n) is 21.5. The summed E-state index contributed by atoms with van der Waals surface area (Å²) in [7, 11) is 0. The number of carbonyl (C=O) groups excluding carboxylic acids is 2. The van der Waals surface area contributed by atoms with Gasteiger partial charge in [-0.2, -0.15) is 0 Å². The number of nitrogens with one attached hydrogen (secondary N) is 1. The molecule has 2 aliphatic carbocycles. The summed E-state index contributed by atoms with van der Waals surface area (Å²) in [6.45, 7) is 2.70. The van der Waals surface area contributed by atoms with Crippen molar-refractivity contribution in [1.29, 1.82) is 0 Å². The van der Waals surface area contributed by atoms with Crippen LogP contribution in [-0.2, 0) is 9.59 Å². The number of fused-ring (bicyclic) bond motifs is 3. The van der Waals surface area contributed by atoms with Gasteiger partial charge in [-0.25, -0.2) is 0 Å². The highest BCUT2D eigenvalue weighted by Gasteiger charge is 2.50. The summed E-state index contributed by atoms with van der Waals surface area (Å²) in [6, 6.07) is 6.93. The molecule has 1 aromatic rings. The molecule has 0 saturated heterocycles. The highest BCUT2D eigenvalue weighted by atomic mass is 16.5. The van der Waals surface area contributed by atoms with Gasteiger partial charge in [-0.3, -0.25) is 9.59 Å². The van der Waals surface area contributed by atoms with E-state index in [4.69, 9.17) is 4.74 Å². The number of nitrogens with zero attached hydrogens (tertiary/aromatic N) is 1. The molecule has 1 saturated carbocycles. The van der Waals surface area contributed by atoms with E-state index in [1.54, 1.807) is 11.0 Å². The predicted molar refractivity (Wildman–Crippen MR) is 139 cm³/mol. The van der Waals surface area contributed by atoms with Gasteiger partial charge in [-0.1, -0.05) is 70.1 Å². The first-order chi connectivity index (χ1) is 17.5. The summed E-state index contributed by atoms with van der Waals surface area (Å²) in [5.41, 5.74) is 1.36. The second-order valence-corrected chi connectivity index (χ2v) is 10.5. The number of hydrogen-bond donors (Lipinski definition) is 3. The fraction of sp³-hybridized carbons (Fsp3) is 0.655. The van der Waals surface area contributed by atoms with E-state index < -0.39 is 24.2 Å². The highest BCUT2D eigenvalue weighted by molar-refractivity contribution is 5.96. The molecular formula is C29H42N2O5. The third-order valence-corrected chi connectivity index (χ3v) is 8.05. The largest absolute Gasteiger partial charge is 0.486 e. The average Bonchev–Trinajstić information content (AvgIpc) is 3.55. The maximum Gasteiger partial charge on any atom is 0.247 e. The SMILES string of the molecule is CCCCCCN(C(=O)CCC1CCCC1)C1C=C(C(=O)NCCO)C2c3ccccc3OC2C1O. The molecule has 4 atom stereocenters. The zero-order chi connectivity index (χ0) is 25.5. The van der Waals surface area contributed by atoms with Crippen LogP contribution in [0.2, 0.25) is 0 Å². The number of aliphatic hydroxyl groups is 2. The Morgan fingerprint density at radius 2 is 1.92 bits per heavy atom. The normalized spacial score (nSPS) is 25.0. The standard InChI is InChI=1S/C29H42N2O5/c1-2-3-4-9-17-31(25(33)15-14-20-10-5-6-11-20)23-19-22(29(35)30-16-18-32)26-21-12-7-8-13-24(21)36-28(26)27(23)34/h7-8,12-13,19-20,23,26-28,32,34H,2-6,9-11,14-18H2,1H3,(H,30,35). The number of amides is 2. The second-order valence-electron chi connectivity index (χ2n) is 10.5. The van der Waals surface area contributed by atoms with Gasteiger partial charge in [0.1, 0.15) is 18.0 Å². The van der Waals surface area contributed by atoms with Crippen LogP contribution in [0.1, 0.15) is 82.6 Å². The molecule has 0 radical (unpaired) electrons. The van der Waals surface area contributed by atoms with Crippen LogP contribution in [0.3, 0.4) is 0 Å². The van der Waals surface area contributed by atoms with Gasteiger partial charge in [0.25, 0.3) is 0 Å². The molecule has 0 bridgehead atoms. The third kappa shape index (κ3) is 5.94. The Labute approximate surface area is 214 Å². The minimum atomic E-state index is -0.946. The molecule has 0 spiro atoms. The van der Waals surface area contributed by atoms with Crippen molar-refractivity contribution < 1.29 is 24.5 Å². The van der Waals surface area contributed by atoms with Crippen LogP contribution in [0.5, 0.6) is 5.75 Å². The first kappa shape index (κ1) is 26.7. The molecule has 3 N–H and O–H groups in total. The van der Waals surface area contributed by atoms with Gasteiger partial charge in [0.15, 0.2) is 0 Å². The van der Waals surface area contributed by atoms with Crippen molar-refractivity contribution in [2.24, 2.45) is 5.92 Å². The lowest BCUT2D eigenvalue weighted by Gasteiger charge is -2.41. The van der Waals surface area contributed by atoms with Crippen LogP contribution in [0.4, 0.5) is 0 Å². The Hall–Kier alpha value is -2.38. The number of para-hydroxylation sites is 1. The van der Waals surface area contributed by atoms with Crippen LogP contribution < -0.4 is 10.1 Å². The Bertz CT molecular complexity index is 926.